The number of aryl methyl sites for hydroxylation is 1. The van der Waals surface area contributed by atoms with Crippen LogP contribution in [0.25, 0.3) is 0 Å². The summed E-state index contributed by atoms with van der Waals surface area (Å²) >= 11 is 0. The maximum Gasteiger partial charge on any atom is 0.343 e. The fraction of sp³-hybridized carbons (Fsp3) is 0.458. The summed E-state index contributed by atoms with van der Waals surface area (Å²) in [6.45, 7) is 2.21. The first-order chi connectivity index (χ1) is 13.6. The van der Waals surface area contributed by atoms with E-state index in [9.17, 15) is 9.59 Å². The Hall–Kier alpha value is -2.49. The van der Waals surface area contributed by atoms with Gasteiger partial charge in [-0.3, -0.25) is 9.78 Å². The lowest BCUT2D eigenvalue weighted by Gasteiger charge is -2.48. The molecule has 4 nitrogen and oxygen atoms in total. The van der Waals surface area contributed by atoms with Crippen molar-refractivity contribution in [3.8, 4) is 5.75 Å². The maximum atomic E-state index is 12.5. The van der Waals surface area contributed by atoms with Crippen LogP contribution in [0.5, 0.6) is 5.75 Å². The maximum absolute atomic E-state index is 12.5. The van der Waals surface area contributed by atoms with Gasteiger partial charge in [0.05, 0.1) is 5.56 Å². The van der Waals surface area contributed by atoms with E-state index in [1.807, 2.05) is 12.1 Å². The zero-order chi connectivity index (χ0) is 19.3. The van der Waals surface area contributed by atoms with Crippen LogP contribution in [-0.4, -0.2) is 16.7 Å². The van der Waals surface area contributed by atoms with Crippen LogP contribution < -0.4 is 4.74 Å². The van der Waals surface area contributed by atoms with Crippen LogP contribution in [0.2, 0.25) is 0 Å². The molecule has 144 valence electrons. The van der Waals surface area contributed by atoms with E-state index in [2.05, 4.69) is 18.0 Å². The molecule has 0 aliphatic heterocycles. The molecule has 0 amide bonds. The second-order valence-electron chi connectivity index (χ2n) is 8.82. The third-order valence-electron chi connectivity index (χ3n) is 7.53. The first kappa shape index (κ1) is 17.6. The van der Waals surface area contributed by atoms with Gasteiger partial charge in [-0.15, -0.1) is 0 Å². The molecule has 4 heteroatoms. The fourth-order valence-corrected chi connectivity index (χ4v) is 6.05. The van der Waals surface area contributed by atoms with Crippen LogP contribution >= 0.6 is 0 Å². The predicted molar refractivity (Wildman–Crippen MR) is 105 cm³/mol. The number of carbonyl (C=O) groups excluding carboxylic acids is 2. The number of nitrogens with zero attached hydrogens (tertiary/aromatic N) is 1. The predicted octanol–water partition coefficient (Wildman–Crippen LogP) is 4.73. The number of benzene rings is 1. The van der Waals surface area contributed by atoms with Gasteiger partial charge in [-0.2, -0.15) is 0 Å². The van der Waals surface area contributed by atoms with E-state index in [-0.39, 0.29) is 11.4 Å². The van der Waals surface area contributed by atoms with Gasteiger partial charge in [-0.05, 0) is 85.3 Å². The minimum absolute atomic E-state index is 0.0846. The Balaban J connectivity index is 1.38. The zero-order valence-corrected chi connectivity index (χ0v) is 16.2. The van der Waals surface area contributed by atoms with Crippen molar-refractivity contribution in [1.29, 1.82) is 0 Å². The quantitative estimate of drug-likeness (QED) is 0.563. The smallest absolute Gasteiger partial charge is 0.343 e. The molecule has 0 radical (unpaired) electrons. The second-order valence-corrected chi connectivity index (χ2v) is 8.82. The third kappa shape index (κ3) is 2.69. The molecule has 3 aliphatic carbocycles. The zero-order valence-electron chi connectivity index (χ0n) is 16.2. The number of hydrogen-bond donors (Lipinski definition) is 0. The fourth-order valence-electron chi connectivity index (χ4n) is 6.05. The summed E-state index contributed by atoms with van der Waals surface area (Å²) in [6, 6.07) is 9.44. The van der Waals surface area contributed by atoms with Gasteiger partial charge in [-0.25, -0.2) is 4.79 Å². The van der Waals surface area contributed by atoms with E-state index >= 15 is 0 Å². The third-order valence-corrected chi connectivity index (χ3v) is 7.53. The van der Waals surface area contributed by atoms with Crippen molar-refractivity contribution in [3.05, 3.63) is 59.4 Å². The molecular weight excluding hydrogens is 350 g/mol. The first-order valence-electron chi connectivity index (χ1n) is 10.3. The number of rotatable bonds is 2. The SMILES string of the molecule is C[C@]12CC[C@@H]3c4ccc(OC(=O)c5ccncc5)cc4CC[C@H]3[C@@H]1CCC2=O. The number of esters is 1. The molecule has 0 spiro atoms. The molecule has 5 rings (SSSR count). The Morgan fingerprint density at radius 2 is 1.93 bits per heavy atom. The van der Waals surface area contributed by atoms with Crippen LogP contribution in [-0.2, 0) is 11.2 Å². The molecule has 0 saturated heterocycles. The van der Waals surface area contributed by atoms with Crippen molar-refractivity contribution in [2.75, 3.05) is 0 Å². The highest BCUT2D eigenvalue weighted by molar-refractivity contribution is 5.90. The van der Waals surface area contributed by atoms with Crippen LogP contribution in [0.15, 0.2) is 42.7 Å². The molecule has 2 saturated carbocycles. The van der Waals surface area contributed by atoms with Crippen LogP contribution in [0.3, 0.4) is 0 Å². The van der Waals surface area contributed by atoms with Crippen molar-refractivity contribution in [3.63, 3.8) is 0 Å². The molecule has 3 aliphatic rings. The lowest BCUT2D eigenvalue weighted by Crippen LogP contribution is -2.42. The van der Waals surface area contributed by atoms with E-state index in [1.54, 1.807) is 24.5 Å². The Bertz CT molecular complexity index is 938. The normalized spacial score (nSPS) is 30.9. The minimum Gasteiger partial charge on any atom is -0.423 e. The molecule has 1 aromatic carbocycles. The van der Waals surface area contributed by atoms with Crippen LogP contribution in [0.4, 0.5) is 0 Å². The number of aromatic nitrogens is 1. The topological polar surface area (TPSA) is 56.3 Å². The Morgan fingerprint density at radius 1 is 1.11 bits per heavy atom. The second kappa shape index (κ2) is 6.54. The van der Waals surface area contributed by atoms with E-state index < -0.39 is 0 Å². The number of ketones is 1. The van der Waals surface area contributed by atoms with Crippen molar-refractivity contribution in [2.24, 2.45) is 17.3 Å². The van der Waals surface area contributed by atoms with Gasteiger partial charge in [-0.1, -0.05) is 13.0 Å². The summed E-state index contributed by atoms with van der Waals surface area (Å²) < 4.78 is 5.59. The van der Waals surface area contributed by atoms with E-state index in [0.29, 0.717) is 34.8 Å². The molecule has 0 bridgehead atoms. The number of hydrogen-bond acceptors (Lipinski definition) is 4. The monoisotopic (exact) mass is 375 g/mol. The van der Waals surface area contributed by atoms with Crippen molar-refractivity contribution in [2.45, 2.75) is 51.4 Å². The van der Waals surface area contributed by atoms with E-state index in [1.165, 1.54) is 11.1 Å². The molecule has 1 heterocycles. The largest absolute Gasteiger partial charge is 0.423 e. The van der Waals surface area contributed by atoms with Gasteiger partial charge in [0, 0.05) is 24.2 Å². The highest BCUT2D eigenvalue weighted by atomic mass is 16.5. The van der Waals surface area contributed by atoms with Gasteiger partial charge >= 0.3 is 5.97 Å². The Morgan fingerprint density at radius 3 is 2.75 bits per heavy atom. The highest BCUT2D eigenvalue weighted by Crippen LogP contribution is 2.59. The van der Waals surface area contributed by atoms with Crippen molar-refractivity contribution in [1.82, 2.24) is 4.98 Å². The minimum atomic E-state index is -0.353. The molecule has 4 atom stereocenters. The standard InChI is InChI=1S/C24H25NO3/c1-24-11-8-19-18-5-3-17(28-23(27)15-9-12-25-13-10-15)14-16(18)2-4-20(19)21(24)6-7-22(24)26/h3,5,9-10,12-14,19-21H,2,4,6-8,11H2,1H3/t19-,20-,21+,24+/m1/s1. The lowest BCUT2D eigenvalue weighted by atomic mass is 9.55. The summed E-state index contributed by atoms with van der Waals surface area (Å²) in [5.41, 5.74) is 3.12. The lowest BCUT2D eigenvalue weighted by molar-refractivity contribution is -0.129. The summed E-state index contributed by atoms with van der Waals surface area (Å²) in [5.74, 6) is 2.43. The number of ether oxygens (including phenoxy) is 1. The summed E-state index contributed by atoms with van der Waals surface area (Å²) in [7, 11) is 0. The molecule has 2 aromatic rings. The molecular formula is C24H25NO3. The van der Waals surface area contributed by atoms with E-state index in [4.69, 9.17) is 4.74 Å². The number of pyridine rings is 1. The van der Waals surface area contributed by atoms with Gasteiger partial charge in [0.15, 0.2) is 0 Å². The first-order valence-corrected chi connectivity index (χ1v) is 10.3. The molecule has 0 unspecified atom stereocenters. The van der Waals surface area contributed by atoms with Gasteiger partial charge in [0.25, 0.3) is 0 Å². The van der Waals surface area contributed by atoms with Gasteiger partial charge in [0.1, 0.15) is 11.5 Å². The summed E-state index contributed by atoms with van der Waals surface area (Å²) in [5, 5.41) is 0. The molecule has 28 heavy (non-hydrogen) atoms. The Kier molecular flexibility index (Phi) is 4.11. The van der Waals surface area contributed by atoms with Gasteiger partial charge < -0.3 is 4.74 Å². The average molecular weight is 375 g/mol. The molecule has 1 aromatic heterocycles. The number of Topliss-reactive ketones (excluding diaryl/α,β-unsaturated/α-hetero) is 1. The average Bonchev–Trinajstić information content (AvgIpc) is 3.03. The van der Waals surface area contributed by atoms with E-state index in [0.717, 1.165) is 38.5 Å². The van der Waals surface area contributed by atoms with Crippen LogP contribution in [0, 0.1) is 17.3 Å². The highest BCUT2D eigenvalue weighted by Gasteiger charge is 2.54. The van der Waals surface area contributed by atoms with Gasteiger partial charge in [0.2, 0.25) is 0 Å². The summed E-state index contributed by atoms with van der Waals surface area (Å²) in [4.78, 5) is 28.7. The summed E-state index contributed by atoms with van der Waals surface area (Å²) in [6.07, 6.45) is 9.24. The van der Waals surface area contributed by atoms with Crippen molar-refractivity contribution < 1.29 is 14.3 Å². The van der Waals surface area contributed by atoms with Crippen molar-refractivity contribution >= 4 is 11.8 Å². The number of fused-ring (bicyclic) bond motifs is 5. The number of carbonyl (C=O) groups is 2. The van der Waals surface area contributed by atoms with Crippen LogP contribution in [0.1, 0.15) is 66.4 Å². The molecule has 2 fully saturated rings. The molecule has 0 N–H and O–H groups in total. The Labute approximate surface area is 165 Å².